The van der Waals surface area contributed by atoms with Crippen molar-refractivity contribution in [3.8, 4) is 0 Å². The molecule has 0 aromatic heterocycles. The smallest absolute Gasteiger partial charge is 0.228 e. The Morgan fingerprint density at radius 1 is 0.792 bits per heavy atom. The fourth-order valence-electron chi connectivity index (χ4n) is 5.87. The third-order valence-electron chi connectivity index (χ3n) is 7.83. The summed E-state index contributed by atoms with van der Waals surface area (Å²) in [5.74, 6) is -0.103. The van der Waals surface area contributed by atoms with Gasteiger partial charge in [0.15, 0.2) is 6.29 Å². The van der Waals surface area contributed by atoms with Crippen LogP contribution >= 0.6 is 0 Å². The fourth-order valence-corrected chi connectivity index (χ4v) is 5.87. The number of hydrogen-bond donors (Lipinski definition) is 7. The number of carbonyl (C=O) groups is 3. The first kappa shape index (κ1) is 48.3. The largest absolute Gasteiger partial charge is 0.395 e. The van der Waals surface area contributed by atoms with Gasteiger partial charge in [0.25, 0.3) is 0 Å². The summed E-state index contributed by atoms with van der Waals surface area (Å²) in [7, 11) is 0. The number of rotatable bonds is 15. The van der Waals surface area contributed by atoms with Gasteiger partial charge in [-0.25, -0.2) is 0 Å². The van der Waals surface area contributed by atoms with Crippen LogP contribution in [0.15, 0.2) is 0 Å². The Bertz CT molecular complexity index is 980. The second-order valence-electron chi connectivity index (χ2n) is 16.4. The first-order valence-electron chi connectivity index (χ1n) is 17.5. The van der Waals surface area contributed by atoms with Crippen LogP contribution in [-0.4, -0.2) is 98.7 Å². The quantitative estimate of drug-likeness (QED) is 0.134. The molecule has 1 rings (SSSR count). The van der Waals surface area contributed by atoms with Gasteiger partial charge in [-0.2, -0.15) is 0 Å². The number of ether oxygens (including phenoxy) is 2. The number of hydrogen-bond acceptors (Lipinski definition) is 9. The van der Waals surface area contributed by atoms with E-state index in [4.69, 9.17) is 9.47 Å². The maximum absolute atomic E-state index is 13.5. The third-order valence-corrected chi connectivity index (χ3v) is 7.83. The van der Waals surface area contributed by atoms with Crippen LogP contribution in [0.4, 0.5) is 0 Å². The van der Waals surface area contributed by atoms with E-state index in [-0.39, 0.29) is 24.8 Å². The van der Waals surface area contributed by atoms with Gasteiger partial charge in [-0.15, -0.1) is 0 Å². The zero-order valence-electron chi connectivity index (χ0n) is 33.0. The summed E-state index contributed by atoms with van der Waals surface area (Å²) in [6.07, 6.45) is -1.87. The van der Waals surface area contributed by atoms with E-state index in [9.17, 15) is 34.8 Å². The zero-order valence-corrected chi connectivity index (χ0v) is 33.0. The molecule has 1 aliphatic heterocycles. The molecule has 0 aromatic carbocycles. The second kappa shape index (κ2) is 20.1. The minimum absolute atomic E-state index is 0.210. The van der Waals surface area contributed by atoms with E-state index >= 15 is 0 Å². The van der Waals surface area contributed by atoms with E-state index in [1.54, 1.807) is 41.5 Å². The average Bonchev–Trinajstić information content (AvgIpc) is 2.91. The topological polar surface area (TPSA) is 187 Å². The fraction of sp³-hybridized carbons (Fsp3) is 0.917. The second-order valence-corrected chi connectivity index (χ2v) is 16.4. The number of aliphatic hydroxyl groups excluding tert-OH is 4. The summed E-state index contributed by atoms with van der Waals surface area (Å²) in [5.41, 5.74) is -4.28. The minimum Gasteiger partial charge on any atom is -0.395 e. The first-order chi connectivity index (χ1) is 21.7. The molecular weight excluding hydrogens is 618 g/mol. The highest BCUT2D eigenvalue weighted by Crippen LogP contribution is 2.35. The highest BCUT2D eigenvalue weighted by Gasteiger charge is 2.48. The van der Waals surface area contributed by atoms with Crippen molar-refractivity contribution in [1.82, 2.24) is 16.0 Å². The summed E-state index contributed by atoms with van der Waals surface area (Å²) in [6, 6.07) is -1.10. The molecule has 0 aliphatic carbocycles. The average molecular weight is 692 g/mol. The van der Waals surface area contributed by atoms with Gasteiger partial charge in [-0.05, 0) is 74.1 Å². The molecular formula is C36H73N3O9. The number of amides is 3. The van der Waals surface area contributed by atoms with Crippen molar-refractivity contribution in [2.75, 3.05) is 13.2 Å². The predicted molar refractivity (Wildman–Crippen MR) is 190 cm³/mol. The highest BCUT2D eigenvalue weighted by molar-refractivity contribution is 5.83. The molecule has 1 heterocycles. The number of aliphatic hydroxyl groups is 4. The molecule has 12 heteroatoms. The van der Waals surface area contributed by atoms with Gasteiger partial charge in [0.2, 0.25) is 17.7 Å². The molecule has 0 saturated carbocycles. The Hall–Kier alpha value is -1.83. The molecule has 7 N–H and O–H groups in total. The van der Waals surface area contributed by atoms with Gasteiger partial charge in [0, 0.05) is 23.4 Å². The summed E-state index contributed by atoms with van der Waals surface area (Å²) >= 11 is 0. The van der Waals surface area contributed by atoms with Gasteiger partial charge >= 0.3 is 0 Å². The van der Waals surface area contributed by atoms with Crippen molar-refractivity contribution < 1.29 is 44.3 Å². The summed E-state index contributed by atoms with van der Waals surface area (Å²) in [6.45, 7) is 28.9. The standard InChI is InChI=1S/C28H53N3O9.C6H14.C2H6/c1-16(34)29-18-20(36)19(35)17(12-32)39-21(18)40-28(10,11)13-24(2,3)22(37)30-26(6,7)14-27(8,9)31-23(38)25(4,5)15-33;1-4-5-6(2)3;1-2/h17-21,32-33,35-36H,12-15H2,1-11H3,(H,29,34)(H,30,37)(H,31,38);6H,4-5H2,1-3H3;1-2H3. The maximum Gasteiger partial charge on any atom is 0.228 e. The first-order valence-corrected chi connectivity index (χ1v) is 17.5. The Morgan fingerprint density at radius 2 is 1.25 bits per heavy atom. The summed E-state index contributed by atoms with van der Waals surface area (Å²) in [4.78, 5) is 37.8. The van der Waals surface area contributed by atoms with Crippen molar-refractivity contribution in [3.63, 3.8) is 0 Å². The molecule has 48 heavy (non-hydrogen) atoms. The van der Waals surface area contributed by atoms with Crippen molar-refractivity contribution in [2.45, 2.75) is 184 Å². The lowest BCUT2D eigenvalue weighted by Gasteiger charge is -2.46. The molecule has 0 bridgehead atoms. The Kier molecular flexibility index (Phi) is 20.2. The van der Waals surface area contributed by atoms with Crippen LogP contribution in [0.2, 0.25) is 0 Å². The SMILES string of the molecule is CC.CC(=O)NC1C(OC(C)(C)CC(C)(C)C(=O)NC(C)(C)CC(C)(C)NC(=O)C(C)(C)CO)OC(CO)C(O)C1O.CCCC(C)C. The number of carbonyl (C=O) groups excluding carboxylic acids is 3. The molecule has 286 valence electrons. The lowest BCUT2D eigenvalue weighted by atomic mass is 9.79. The van der Waals surface area contributed by atoms with Crippen LogP contribution in [0.1, 0.15) is 136 Å². The van der Waals surface area contributed by atoms with Crippen LogP contribution in [0.5, 0.6) is 0 Å². The lowest BCUT2D eigenvalue weighted by molar-refractivity contribution is -0.298. The monoisotopic (exact) mass is 692 g/mol. The van der Waals surface area contributed by atoms with Crippen LogP contribution in [0, 0.1) is 16.7 Å². The van der Waals surface area contributed by atoms with Crippen molar-refractivity contribution in [3.05, 3.63) is 0 Å². The maximum atomic E-state index is 13.5. The van der Waals surface area contributed by atoms with Gasteiger partial charge in [0.1, 0.15) is 24.4 Å². The Labute approximate surface area is 291 Å². The molecule has 0 aromatic rings. The van der Waals surface area contributed by atoms with E-state index < -0.39 is 70.7 Å². The van der Waals surface area contributed by atoms with Gasteiger partial charge in [-0.3, -0.25) is 14.4 Å². The normalized spacial score (nSPS) is 22.1. The van der Waals surface area contributed by atoms with Crippen molar-refractivity contribution >= 4 is 17.7 Å². The van der Waals surface area contributed by atoms with Gasteiger partial charge in [0.05, 0.1) is 24.2 Å². The van der Waals surface area contributed by atoms with Crippen LogP contribution in [0.3, 0.4) is 0 Å². The van der Waals surface area contributed by atoms with Crippen LogP contribution < -0.4 is 16.0 Å². The molecule has 3 amide bonds. The van der Waals surface area contributed by atoms with Crippen molar-refractivity contribution in [2.24, 2.45) is 16.7 Å². The Balaban J connectivity index is 0. The third kappa shape index (κ3) is 17.2. The summed E-state index contributed by atoms with van der Waals surface area (Å²) < 4.78 is 11.9. The van der Waals surface area contributed by atoms with Crippen LogP contribution in [-0.2, 0) is 23.9 Å². The van der Waals surface area contributed by atoms with Gasteiger partial charge in [-0.1, -0.05) is 61.3 Å². The molecule has 0 radical (unpaired) electrons. The molecule has 12 nitrogen and oxygen atoms in total. The molecule has 0 spiro atoms. The van der Waals surface area contributed by atoms with E-state index in [1.165, 1.54) is 19.8 Å². The zero-order chi connectivity index (χ0) is 38.5. The number of nitrogens with one attached hydrogen (secondary N) is 3. The van der Waals surface area contributed by atoms with E-state index in [1.807, 2.05) is 41.5 Å². The predicted octanol–water partition coefficient (Wildman–Crippen LogP) is 3.81. The van der Waals surface area contributed by atoms with E-state index in [0.717, 1.165) is 5.92 Å². The molecule has 5 unspecified atom stereocenters. The van der Waals surface area contributed by atoms with E-state index in [2.05, 4.69) is 36.7 Å². The lowest BCUT2D eigenvalue weighted by Crippen LogP contribution is -2.65. The van der Waals surface area contributed by atoms with Crippen LogP contribution in [0.25, 0.3) is 0 Å². The molecule has 1 fully saturated rings. The minimum atomic E-state index is -1.44. The molecule has 1 aliphatic rings. The van der Waals surface area contributed by atoms with E-state index in [0.29, 0.717) is 6.42 Å². The highest BCUT2D eigenvalue weighted by atomic mass is 16.7. The van der Waals surface area contributed by atoms with Gasteiger partial charge < -0.3 is 45.9 Å². The summed E-state index contributed by atoms with van der Waals surface area (Å²) in [5, 5.41) is 48.5. The molecule has 1 saturated heterocycles. The van der Waals surface area contributed by atoms with Crippen molar-refractivity contribution in [1.29, 1.82) is 0 Å². The Morgan fingerprint density at radius 3 is 1.60 bits per heavy atom. The molecule has 5 atom stereocenters.